The van der Waals surface area contributed by atoms with E-state index in [9.17, 15) is 9.59 Å². The smallest absolute Gasteiger partial charge is 0.323 e. The topological polar surface area (TPSA) is 55.9 Å². The number of carbonyl (C=O) groups excluding carboxylic acids is 2. The largest absolute Gasteiger partial charge is 0.326 e. The van der Waals surface area contributed by atoms with Gasteiger partial charge in [0.25, 0.3) is 5.91 Å². The van der Waals surface area contributed by atoms with Crippen LogP contribution in [0.25, 0.3) is 0 Å². The molecule has 26 heavy (non-hydrogen) atoms. The molecule has 2 saturated heterocycles. The summed E-state index contributed by atoms with van der Waals surface area (Å²) in [5, 5.41) is 2.96. The summed E-state index contributed by atoms with van der Waals surface area (Å²) in [6.07, 6.45) is 1.37. The molecule has 3 rings (SSSR count). The van der Waals surface area contributed by atoms with Crippen molar-refractivity contribution in [3.63, 3.8) is 0 Å². The van der Waals surface area contributed by atoms with Crippen LogP contribution in [0.3, 0.4) is 0 Å². The van der Waals surface area contributed by atoms with E-state index in [1.54, 1.807) is 0 Å². The number of hydrogen-bond acceptors (Lipinski definition) is 4. The van der Waals surface area contributed by atoms with E-state index in [2.05, 4.69) is 48.3 Å². The molecule has 6 nitrogen and oxygen atoms in total. The summed E-state index contributed by atoms with van der Waals surface area (Å²) in [4.78, 5) is 30.9. The molecule has 3 amide bonds. The molecule has 0 aromatic heterocycles. The van der Waals surface area contributed by atoms with E-state index in [0.717, 1.165) is 13.1 Å². The lowest BCUT2D eigenvalue weighted by Gasteiger charge is -2.35. The predicted molar refractivity (Wildman–Crippen MR) is 102 cm³/mol. The molecular formula is C20H30N4O2. The predicted octanol–water partition coefficient (Wildman–Crippen LogP) is 2.22. The van der Waals surface area contributed by atoms with E-state index in [4.69, 9.17) is 0 Å². The fourth-order valence-corrected chi connectivity index (χ4v) is 3.75. The molecule has 0 unspecified atom stereocenters. The van der Waals surface area contributed by atoms with Crippen molar-refractivity contribution >= 4 is 11.9 Å². The second-order valence-electron chi connectivity index (χ2n) is 8.10. The SMILES string of the molecule is CC(C)c1ccc(CN(C)CN2C(=O)NC3(CCN(C)CC3)C2=O)cc1. The molecule has 6 heteroatoms. The van der Waals surface area contributed by atoms with Crippen molar-refractivity contribution in [2.24, 2.45) is 0 Å². The molecule has 2 fully saturated rings. The van der Waals surface area contributed by atoms with Crippen molar-refractivity contribution < 1.29 is 9.59 Å². The molecule has 2 aliphatic heterocycles. The minimum absolute atomic E-state index is 0.0717. The number of hydrogen-bond donors (Lipinski definition) is 1. The van der Waals surface area contributed by atoms with Crippen LogP contribution in [0.5, 0.6) is 0 Å². The lowest BCUT2D eigenvalue weighted by Crippen LogP contribution is -2.54. The molecule has 1 aromatic rings. The summed E-state index contributed by atoms with van der Waals surface area (Å²) in [5.41, 5.74) is 1.80. The minimum atomic E-state index is -0.691. The second kappa shape index (κ2) is 7.37. The molecular weight excluding hydrogens is 328 g/mol. The number of likely N-dealkylation sites (tertiary alicyclic amines) is 1. The number of piperidine rings is 1. The maximum Gasteiger partial charge on any atom is 0.326 e. The van der Waals surface area contributed by atoms with Gasteiger partial charge in [-0.3, -0.25) is 9.69 Å². The standard InChI is InChI=1S/C20H30N4O2/c1-15(2)17-7-5-16(6-8-17)13-23(4)14-24-18(25)20(21-19(24)26)9-11-22(3)12-10-20/h5-8,15H,9-14H2,1-4H3,(H,21,26). The number of amides is 3. The number of benzene rings is 1. The summed E-state index contributed by atoms with van der Waals surface area (Å²) in [6, 6.07) is 8.28. The van der Waals surface area contributed by atoms with E-state index >= 15 is 0 Å². The first-order chi connectivity index (χ1) is 12.3. The minimum Gasteiger partial charge on any atom is -0.323 e. The van der Waals surface area contributed by atoms with Gasteiger partial charge in [0.05, 0.1) is 6.67 Å². The van der Waals surface area contributed by atoms with Crippen molar-refractivity contribution in [3.05, 3.63) is 35.4 Å². The zero-order valence-electron chi connectivity index (χ0n) is 16.3. The highest BCUT2D eigenvalue weighted by Crippen LogP contribution is 2.29. The molecule has 1 aromatic carbocycles. The summed E-state index contributed by atoms with van der Waals surface area (Å²) in [6.45, 7) is 7.03. The van der Waals surface area contributed by atoms with Gasteiger partial charge in [-0.1, -0.05) is 38.1 Å². The van der Waals surface area contributed by atoms with Gasteiger partial charge in [-0.2, -0.15) is 0 Å². The van der Waals surface area contributed by atoms with Gasteiger partial charge in [0.2, 0.25) is 0 Å². The van der Waals surface area contributed by atoms with Crippen molar-refractivity contribution in [2.45, 2.75) is 44.7 Å². The van der Waals surface area contributed by atoms with Crippen LogP contribution in [-0.2, 0) is 11.3 Å². The van der Waals surface area contributed by atoms with Gasteiger partial charge in [-0.15, -0.1) is 0 Å². The van der Waals surface area contributed by atoms with E-state index in [0.29, 0.717) is 32.0 Å². The van der Waals surface area contributed by atoms with Crippen LogP contribution in [-0.4, -0.2) is 66.0 Å². The number of imide groups is 1. The highest BCUT2D eigenvalue weighted by Gasteiger charge is 2.52. The van der Waals surface area contributed by atoms with Gasteiger partial charge < -0.3 is 10.2 Å². The van der Waals surface area contributed by atoms with Crippen LogP contribution >= 0.6 is 0 Å². The molecule has 142 valence electrons. The first-order valence-electron chi connectivity index (χ1n) is 9.41. The zero-order valence-corrected chi connectivity index (χ0v) is 16.3. The third kappa shape index (κ3) is 3.76. The molecule has 0 saturated carbocycles. The highest BCUT2D eigenvalue weighted by molar-refractivity contribution is 6.07. The Morgan fingerprint density at radius 3 is 2.35 bits per heavy atom. The van der Waals surface area contributed by atoms with Crippen molar-refractivity contribution in [2.75, 3.05) is 33.9 Å². The Kier molecular flexibility index (Phi) is 5.34. The summed E-state index contributed by atoms with van der Waals surface area (Å²) in [7, 11) is 3.99. The first kappa shape index (κ1) is 18.9. The molecule has 0 atom stereocenters. The number of nitrogens with one attached hydrogen (secondary N) is 1. The van der Waals surface area contributed by atoms with Gasteiger partial charge in [0.1, 0.15) is 5.54 Å². The normalized spacial score (nSPS) is 20.5. The number of urea groups is 1. The van der Waals surface area contributed by atoms with Crippen LogP contribution in [0.1, 0.15) is 43.7 Å². The van der Waals surface area contributed by atoms with E-state index < -0.39 is 5.54 Å². The quantitative estimate of drug-likeness (QED) is 0.820. The molecule has 0 aliphatic carbocycles. The molecule has 0 radical (unpaired) electrons. The Morgan fingerprint density at radius 1 is 1.15 bits per heavy atom. The summed E-state index contributed by atoms with van der Waals surface area (Å²) >= 11 is 0. The third-order valence-electron chi connectivity index (χ3n) is 5.57. The molecule has 0 bridgehead atoms. The molecule has 1 N–H and O–H groups in total. The average molecular weight is 358 g/mol. The molecule has 2 aliphatic rings. The maximum atomic E-state index is 12.9. The van der Waals surface area contributed by atoms with Crippen LogP contribution < -0.4 is 5.32 Å². The molecule has 1 spiro atoms. The first-order valence-corrected chi connectivity index (χ1v) is 9.41. The Balaban J connectivity index is 1.61. The number of nitrogens with zero attached hydrogens (tertiary/aromatic N) is 3. The van der Waals surface area contributed by atoms with Gasteiger partial charge >= 0.3 is 6.03 Å². The maximum absolute atomic E-state index is 12.9. The monoisotopic (exact) mass is 358 g/mol. The lowest BCUT2D eigenvalue weighted by molar-refractivity contribution is -0.134. The van der Waals surface area contributed by atoms with Crippen molar-refractivity contribution in [1.82, 2.24) is 20.0 Å². The Bertz CT molecular complexity index is 663. The fourth-order valence-electron chi connectivity index (χ4n) is 3.75. The van der Waals surface area contributed by atoms with Gasteiger partial charge in [-0.25, -0.2) is 9.69 Å². The lowest BCUT2D eigenvalue weighted by atomic mass is 9.88. The number of carbonyl (C=O) groups is 2. The second-order valence-corrected chi connectivity index (χ2v) is 8.10. The van der Waals surface area contributed by atoms with Crippen molar-refractivity contribution in [3.8, 4) is 0 Å². The van der Waals surface area contributed by atoms with Crippen LogP contribution in [0.4, 0.5) is 4.79 Å². The van der Waals surface area contributed by atoms with E-state index in [1.165, 1.54) is 16.0 Å². The fraction of sp³-hybridized carbons (Fsp3) is 0.600. The van der Waals surface area contributed by atoms with Crippen molar-refractivity contribution in [1.29, 1.82) is 0 Å². The third-order valence-corrected chi connectivity index (χ3v) is 5.57. The zero-order chi connectivity index (χ0) is 18.9. The molecule has 2 heterocycles. The Hall–Kier alpha value is -1.92. The van der Waals surface area contributed by atoms with E-state index in [-0.39, 0.29) is 11.9 Å². The van der Waals surface area contributed by atoms with Gasteiger partial charge in [0, 0.05) is 19.6 Å². The van der Waals surface area contributed by atoms with Gasteiger partial charge in [-0.05, 0) is 44.0 Å². The summed E-state index contributed by atoms with van der Waals surface area (Å²) in [5.74, 6) is 0.441. The number of rotatable bonds is 5. The van der Waals surface area contributed by atoms with Crippen LogP contribution in [0.15, 0.2) is 24.3 Å². The van der Waals surface area contributed by atoms with Crippen LogP contribution in [0, 0.1) is 0 Å². The summed E-state index contributed by atoms with van der Waals surface area (Å²) < 4.78 is 0. The Labute approximate surface area is 156 Å². The highest BCUT2D eigenvalue weighted by atomic mass is 16.2. The van der Waals surface area contributed by atoms with E-state index in [1.807, 2.05) is 19.0 Å². The Morgan fingerprint density at radius 2 is 1.77 bits per heavy atom. The van der Waals surface area contributed by atoms with Crippen LogP contribution in [0.2, 0.25) is 0 Å². The van der Waals surface area contributed by atoms with Gasteiger partial charge in [0.15, 0.2) is 0 Å². The average Bonchev–Trinajstić information content (AvgIpc) is 2.82.